The van der Waals surface area contributed by atoms with Crippen LogP contribution in [0.5, 0.6) is 0 Å². The van der Waals surface area contributed by atoms with Gasteiger partial charge in [-0.3, -0.25) is 4.68 Å². The van der Waals surface area contributed by atoms with Crippen LogP contribution in [0.15, 0.2) is 6.20 Å². The summed E-state index contributed by atoms with van der Waals surface area (Å²) >= 11 is 0. The molecule has 0 fully saturated rings. The van der Waals surface area contributed by atoms with E-state index in [1.165, 1.54) is 5.69 Å². The van der Waals surface area contributed by atoms with E-state index in [1.807, 2.05) is 17.9 Å². The molecule has 0 saturated carbocycles. The molecule has 0 amide bonds. The number of nitrogens with zero attached hydrogens (tertiary/aromatic N) is 2. The van der Waals surface area contributed by atoms with Crippen molar-refractivity contribution in [1.82, 2.24) is 9.78 Å². The first-order valence-electron chi connectivity index (χ1n) is 5.31. The fraction of sp³-hybridized carbons (Fsp3) is 0.727. The first-order valence-corrected chi connectivity index (χ1v) is 5.31. The second kappa shape index (κ2) is 4.49. The van der Waals surface area contributed by atoms with E-state index in [9.17, 15) is 0 Å². The van der Waals surface area contributed by atoms with Crippen LogP contribution >= 0.6 is 0 Å². The third-order valence-corrected chi connectivity index (χ3v) is 2.82. The molecule has 0 aliphatic rings. The molecule has 1 aromatic heterocycles. The Morgan fingerprint density at radius 2 is 2.14 bits per heavy atom. The fourth-order valence-electron chi connectivity index (χ4n) is 1.58. The second-order valence-electron chi connectivity index (χ2n) is 4.17. The lowest BCUT2D eigenvalue weighted by atomic mass is 10.0. The Kier molecular flexibility index (Phi) is 3.55. The van der Waals surface area contributed by atoms with Gasteiger partial charge >= 0.3 is 0 Å². The highest BCUT2D eigenvalue weighted by Gasteiger charge is 2.12. The van der Waals surface area contributed by atoms with Gasteiger partial charge in [-0.2, -0.15) is 5.10 Å². The summed E-state index contributed by atoms with van der Waals surface area (Å²) in [4.78, 5) is 0. The Bertz CT molecular complexity index is 289. The van der Waals surface area contributed by atoms with Crippen molar-refractivity contribution in [3.63, 3.8) is 0 Å². The van der Waals surface area contributed by atoms with Gasteiger partial charge in [0.2, 0.25) is 0 Å². The van der Waals surface area contributed by atoms with E-state index in [1.54, 1.807) is 0 Å². The van der Waals surface area contributed by atoms with Gasteiger partial charge in [-0.15, -0.1) is 0 Å². The fourth-order valence-corrected chi connectivity index (χ4v) is 1.58. The van der Waals surface area contributed by atoms with E-state index in [2.05, 4.69) is 38.1 Å². The van der Waals surface area contributed by atoms with Crippen LogP contribution in [0.2, 0.25) is 0 Å². The van der Waals surface area contributed by atoms with Gasteiger partial charge < -0.3 is 5.32 Å². The van der Waals surface area contributed by atoms with Gasteiger partial charge in [-0.25, -0.2) is 0 Å². The Morgan fingerprint density at radius 1 is 1.50 bits per heavy atom. The average Bonchev–Trinajstić information content (AvgIpc) is 2.44. The first kappa shape index (κ1) is 11.1. The van der Waals surface area contributed by atoms with Crippen molar-refractivity contribution in [2.45, 2.75) is 40.2 Å². The zero-order valence-corrected chi connectivity index (χ0v) is 9.83. The topological polar surface area (TPSA) is 29.9 Å². The van der Waals surface area contributed by atoms with Crippen molar-refractivity contribution in [3.05, 3.63) is 11.9 Å². The summed E-state index contributed by atoms with van der Waals surface area (Å²) in [5.74, 6) is 0.652. The summed E-state index contributed by atoms with van der Waals surface area (Å²) in [5.41, 5.74) is 2.36. The van der Waals surface area contributed by atoms with E-state index in [-0.39, 0.29) is 0 Å². The molecule has 0 bridgehead atoms. The maximum Gasteiger partial charge on any atom is 0.0758 e. The molecule has 1 rings (SSSR count). The quantitative estimate of drug-likeness (QED) is 0.800. The molecule has 0 aliphatic carbocycles. The normalized spacial score (nSPS) is 13.3. The van der Waals surface area contributed by atoms with Crippen molar-refractivity contribution < 1.29 is 0 Å². The maximum absolute atomic E-state index is 4.22. The Labute approximate surface area is 86.5 Å². The van der Waals surface area contributed by atoms with Gasteiger partial charge in [0.25, 0.3) is 0 Å². The monoisotopic (exact) mass is 195 g/mol. The van der Waals surface area contributed by atoms with E-state index < -0.39 is 0 Å². The molecular formula is C11H21N3. The third kappa shape index (κ3) is 2.28. The van der Waals surface area contributed by atoms with E-state index in [0.29, 0.717) is 12.0 Å². The molecule has 0 saturated heterocycles. The lowest BCUT2D eigenvalue weighted by Gasteiger charge is -2.21. The minimum absolute atomic E-state index is 0.540. The highest BCUT2D eigenvalue weighted by Crippen LogP contribution is 2.17. The minimum Gasteiger partial charge on any atom is -0.379 e. The molecule has 1 aromatic rings. The number of hydrogen-bond acceptors (Lipinski definition) is 2. The average molecular weight is 195 g/mol. The number of rotatable bonds is 4. The first-order chi connectivity index (χ1) is 6.56. The van der Waals surface area contributed by atoms with Crippen LogP contribution in [0.25, 0.3) is 0 Å². The van der Waals surface area contributed by atoms with Crippen molar-refractivity contribution >= 4 is 5.69 Å². The second-order valence-corrected chi connectivity index (χ2v) is 4.17. The van der Waals surface area contributed by atoms with Gasteiger partial charge in [0.15, 0.2) is 0 Å². The Morgan fingerprint density at radius 3 is 2.50 bits per heavy atom. The number of nitrogens with one attached hydrogen (secondary N) is 1. The molecule has 3 heteroatoms. The summed E-state index contributed by atoms with van der Waals surface area (Å²) in [6.45, 7) is 8.78. The molecule has 0 radical (unpaired) electrons. The molecule has 0 aliphatic heterocycles. The molecule has 1 unspecified atom stereocenters. The molecule has 1 N–H and O–H groups in total. The largest absolute Gasteiger partial charge is 0.379 e. The van der Waals surface area contributed by atoms with Gasteiger partial charge in [0.1, 0.15) is 0 Å². The van der Waals surface area contributed by atoms with Crippen LogP contribution in [-0.2, 0) is 7.05 Å². The number of aryl methyl sites for hydroxylation is 1. The lowest BCUT2D eigenvalue weighted by Crippen LogP contribution is -2.24. The smallest absolute Gasteiger partial charge is 0.0758 e. The van der Waals surface area contributed by atoms with Gasteiger partial charge in [0.05, 0.1) is 17.6 Å². The summed E-state index contributed by atoms with van der Waals surface area (Å²) in [6, 6.07) is 0.540. The third-order valence-electron chi connectivity index (χ3n) is 2.82. The van der Waals surface area contributed by atoms with Crippen LogP contribution < -0.4 is 5.32 Å². The van der Waals surface area contributed by atoms with Crippen LogP contribution in [0, 0.1) is 12.8 Å². The van der Waals surface area contributed by atoms with E-state index in [0.717, 1.165) is 12.1 Å². The molecule has 1 heterocycles. The Balaban J connectivity index is 2.72. The molecular weight excluding hydrogens is 174 g/mol. The highest BCUT2D eigenvalue weighted by molar-refractivity contribution is 5.46. The van der Waals surface area contributed by atoms with Gasteiger partial charge in [-0.05, 0) is 19.3 Å². The summed E-state index contributed by atoms with van der Waals surface area (Å²) in [7, 11) is 1.97. The van der Waals surface area contributed by atoms with E-state index >= 15 is 0 Å². The predicted molar refractivity (Wildman–Crippen MR) is 60.5 cm³/mol. The predicted octanol–water partition coefficient (Wildman–Crippen LogP) is 2.58. The van der Waals surface area contributed by atoms with E-state index in [4.69, 9.17) is 0 Å². The van der Waals surface area contributed by atoms with Crippen molar-refractivity contribution in [1.29, 1.82) is 0 Å². The minimum atomic E-state index is 0.540. The van der Waals surface area contributed by atoms with Gasteiger partial charge in [0, 0.05) is 13.1 Å². The number of hydrogen-bond donors (Lipinski definition) is 1. The lowest BCUT2D eigenvalue weighted by molar-refractivity contribution is 0.511. The van der Waals surface area contributed by atoms with Crippen molar-refractivity contribution in [2.75, 3.05) is 5.32 Å². The summed E-state index contributed by atoms with van der Waals surface area (Å²) < 4.78 is 1.90. The molecule has 14 heavy (non-hydrogen) atoms. The van der Waals surface area contributed by atoms with Crippen LogP contribution in [0.4, 0.5) is 5.69 Å². The standard InChI is InChI=1S/C11H21N3/c1-6-10(8(2)3)13-11-7-12-14(5)9(11)4/h7-8,10,13H,6H2,1-5H3. The highest BCUT2D eigenvalue weighted by atomic mass is 15.3. The SMILES string of the molecule is CCC(Nc1cnn(C)c1C)C(C)C. The van der Waals surface area contributed by atoms with Crippen LogP contribution in [-0.4, -0.2) is 15.8 Å². The number of aromatic nitrogens is 2. The zero-order valence-electron chi connectivity index (χ0n) is 9.83. The zero-order chi connectivity index (χ0) is 10.7. The maximum atomic E-state index is 4.22. The molecule has 0 aromatic carbocycles. The molecule has 0 spiro atoms. The van der Waals surface area contributed by atoms with Crippen molar-refractivity contribution in [2.24, 2.45) is 13.0 Å². The summed E-state index contributed by atoms with van der Waals surface area (Å²) in [5, 5.41) is 7.75. The van der Waals surface area contributed by atoms with Crippen molar-refractivity contribution in [3.8, 4) is 0 Å². The summed E-state index contributed by atoms with van der Waals surface area (Å²) in [6.07, 6.45) is 3.05. The van der Waals surface area contributed by atoms with Crippen LogP contribution in [0.1, 0.15) is 32.9 Å². The number of anilines is 1. The van der Waals surface area contributed by atoms with Crippen LogP contribution in [0.3, 0.4) is 0 Å². The molecule has 3 nitrogen and oxygen atoms in total. The van der Waals surface area contributed by atoms with Gasteiger partial charge in [-0.1, -0.05) is 20.8 Å². The molecule has 80 valence electrons. The Hall–Kier alpha value is -0.990. The molecule has 1 atom stereocenters.